The molecule has 1 aromatic heterocycles. The molecular formula is C13H14N4O2. The fourth-order valence-electron chi connectivity index (χ4n) is 1.54. The van der Waals surface area contributed by atoms with E-state index in [1.54, 1.807) is 6.07 Å². The lowest BCUT2D eigenvalue weighted by Gasteiger charge is -2.09. The third kappa shape index (κ3) is 3.67. The molecule has 98 valence electrons. The maximum atomic E-state index is 10.5. The van der Waals surface area contributed by atoms with E-state index in [1.807, 2.05) is 31.2 Å². The molecule has 0 amide bonds. The van der Waals surface area contributed by atoms with Gasteiger partial charge in [0.25, 0.3) is 0 Å². The second-order valence-electron chi connectivity index (χ2n) is 3.98. The molecule has 0 saturated heterocycles. The first-order valence-electron chi connectivity index (χ1n) is 5.75. The van der Waals surface area contributed by atoms with Gasteiger partial charge in [-0.15, -0.1) is 0 Å². The minimum absolute atomic E-state index is 0.180. The molecule has 19 heavy (non-hydrogen) atoms. The molecule has 0 fully saturated rings. The Bertz CT molecular complexity index is 586. The number of aromatic nitrogens is 2. The molecule has 6 heteroatoms. The van der Waals surface area contributed by atoms with Crippen LogP contribution in [0.25, 0.3) is 0 Å². The smallest absolute Gasteiger partial charge is 0.322 e. The molecule has 3 N–H and O–H groups in total. The molecule has 0 spiro atoms. The van der Waals surface area contributed by atoms with Gasteiger partial charge in [0.2, 0.25) is 0 Å². The van der Waals surface area contributed by atoms with Gasteiger partial charge in [-0.1, -0.05) is 18.2 Å². The number of carboxylic acid groups (broad SMARTS) is 1. The van der Waals surface area contributed by atoms with Gasteiger partial charge in [0.1, 0.15) is 24.5 Å². The third-order valence-corrected chi connectivity index (χ3v) is 2.50. The average Bonchev–Trinajstić information content (AvgIpc) is 2.40. The summed E-state index contributed by atoms with van der Waals surface area (Å²) in [6.07, 6.45) is 1.38. The number of benzene rings is 1. The zero-order valence-corrected chi connectivity index (χ0v) is 10.4. The van der Waals surface area contributed by atoms with Gasteiger partial charge in [-0.2, -0.15) is 0 Å². The maximum Gasteiger partial charge on any atom is 0.322 e. The van der Waals surface area contributed by atoms with E-state index in [1.165, 1.54) is 6.33 Å². The maximum absolute atomic E-state index is 10.5. The zero-order chi connectivity index (χ0) is 13.7. The van der Waals surface area contributed by atoms with Crippen LogP contribution in [0.15, 0.2) is 36.7 Å². The first-order valence-corrected chi connectivity index (χ1v) is 5.75. The summed E-state index contributed by atoms with van der Waals surface area (Å²) in [6, 6.07) is 9.49. The fourth-order valence-corrected chi connectivity index (χ4v) is 1.54. The first kappa shape index (κ1) is 12.8. The second-order valence-corrected chi connectivity index (χ2v) is 3.98. The quantitative estimate of drug-likeness (QED) is 0.760. The van der Waals surface area contributed by atoms with Gasteiger partial charge in [-0.05, 0) is 18.6 Å². The van der Waals surface area contributed by atoms with Crippen LogP contribution in [0.4, 0.5) is 17.3 Å². The standard InChI is InChI=1S/C13H14N4O2/c1-9-4-2-3-5-10(9)17-12-6-11(15-8-16-12)14-7-13(18)19/h2-6,8H,7H2,1H3,(H,18,19)(H2,14,15,16,17). The van der Waals surface area contributed by atoms with Crippen LogP contribution in [-0.2, 0) is 4.79 Å². The Morgan fingerprint density at radius 1 is 1.26 bits per heavy atom. The van der Waals surface area contributed by atoms with Gasteiger partial charge in [-0.3, -0.25) is 4.79 Å². The number of aryl methyl sites for hydroxylation is 1. The highest BCUT2D eigenvalue weighted by Crippen LogP contribution is 2.19. The number of carboxylic acids is 1. The summed E-state index contributed by atoms with van der Waals surface area (Å²) in [5.74, 6) is 0.137. The van der Waals surface area contributed by atoms with Crippen molar-refractivity contribution in [3.8, 4) is 0 Å². The van der Waals surface area contributed by atoms with E-state index < -0.39 is 5.97 Å². The Morgan fingerprint density at radius 3 is 2.74 bits per heavy atom. The molecule has 2 rings (SSSR count). The van der Waals surface area contributed by atoms with Crippen LogP contribution in [0.5, 0.6) is 0 Å². The van der Waals surface area contributed by atoms with Crippen LogP contribution in [0.2, 0.25) is 0 Å². The minimum Gasteiger partial charge on any atom is -0.480 e. The predicted molar refractivity (Wildman–Crippen MR) is 72.6 cm³/mol. The number of hydrogen-bond donors (Lipinski definition) is 3. The lowest BCUT2D eigenvalue weighted by Crippen LogP contribution is -2.13. The van der Waals surface area contributed by atoms with Crippen LogP contribution in [0.3, 0.4) is 0 Å². The molecule has 0 bridgehead atoms. The Labute approximate surface area is 110 Å². The van der Waals surface area contributed by atoms with Crippen molar-refractivity contribution < 1.29 is 9.90 Å². The van der Waals surface area contributed by atoms with Crippen molar-refractivity contribution in [1.29, 1.82) is 0 Å². The third-order valence-electron chi connectivity index (χ3n) is 2.50. The van der Waals surface area contributed by atoms with E-state index in [0.29, 0.717) is 11.6 Å². The number of anilines is 3. The molecular weight excluding hydrogens is 244 g/mol. The fraction of sp³-hybridized carbons (Fsp3) is 0.154. The largest absolute Gasteiger partial charge is 0.480 e. The molecule has 0 saturated carbocycles. The number of nitrogens with one attached hydrogen (secondary N) is 2. The molecule has 0 radical (unpaired) electrons. The topological polar surface area (TPSA) is 87.1 Å². The second kappa shape index (κ2) is 5.81. The summed E-state index contributed by atoms with van der Waals surface area (Å²) in [5, 5.41) is 14.5. The molecule has 0 aliphatic heterocycles. The number of carbonyl (C=O) groups is 1. The van der Waals surface area contributed by atoms with Crippen LogP contribution >= 0.6 is 0 Å². The number of hydrogen-bond acceptors (Lipinski definition) is 5. The van der Waals surface area contributed by atoms with E-state index in [-0.39, 0.29) is 6.54 Å². The van der Waals surface area contributed by atoms with E-state index in [0.717, 1.165) is 11.3 Å². The summed E-state index contributed by atoms with van der Waals surface area (Å²) in [4.78, 5) is 18.5. The molecule has 1 aromatic carbocycles. The SMILES string of the molecule is Cc1ccccc1Nc1cc(NCC(=O)O)ncn1. The molecule has 6 nitrogen and oxygen atoms in total. The highest BCUT2D eigenvalue weighted by Gasteiger charge is 2.02. The Kier molecular flexibility index (Phi) is 3.92. The lowest BCUT2D eigenvalue weighted by molar-refractivity contribution is -0.134. The van der Waals surface area contributed by atoms with Gasteiger partial charge < -0.3 is 15.7 Å². The Morgan fingerprint density at radius 2 is 2.00 bits per heavy atom. The normalized spacial score (nSPS) is 9.95. The van der Waals surface area contributed by atoms with E-state index in [2.05, 4.69) is 20.6 Å². The average molecular weight is 258 g/mol. The summed E-state index contributed by atoms with van der Waals surface area (Å²) in [6.45, 7) is 1.81. The van der Waals surface area contributed by atoms with Crippen molar-refractivity contribution in [2.24, 2.45) is 0 Å². The zero-order valence-electron chi connectivity index (χ0n) is 10.4. The van der Waals surface area contributed by atoms with E-state index in [4.69, 9.17) is 5.11 Å². The molecule has 0 aliphatic carbocycles. The first-order chi connectivity index (χ1) is 9.15. The van der Waals surface area contributed by atoms with Crippen LogP contribution in [-0.4, -0.2) is 27.6 Å². The molecule has 2 aromatic rings. The number of nitrogens with zero attached hydrogens (tertiary/aromatic N) is 2. The summed E-state index contributed by atoms with van der Waals surface area (Å²) < 4.78 is 0. The molecule has 0 aliphatic rings. The highest BCUT2D eigenvalue weighted by molar-refractivity contribution is 5.72. The van der Waals surface area contributed by atoms with Gasteiger partial charge in [-0.25, -0.2) is 9.97 Å². The van der Waals surface area contributed by atoms with Gasteiger partial charge >= 0.3 is 5.97 Å². The number of para-hydroxylation sites is 1. The van der Waals surface area contributed by atoms with Gasteiger partial charge in [0, 0.05) is 11.8 Å². The minimum atomic E-state index is -0.938. The number of aliphatic carboxylic acids is 1. The Balaban J connectivity index is 2.11. The van der Waals surface area contributed by atoms with E-state index in [9.17, 15) is 4.79 Å². The van der Waals surface area contributed by atoms with Gasteiger partial charge in [0.15, 0.2) is 0 Å². The Hall–Kier alpha value is -2.63. The monoisotopic (exact) mass is 258 g/mol. The predicted octanol–water partition coefficient (Wildman–Crippen LogP) is 2.03. The molecule has 0 atom stereocenters. The van der Waals surface area contributed by atoms with Crippen LogP contribution < -0.4 is 10.6 Å². The van der Waals surface area contributed by atoms with Crippen molar-refractivity contribution in [3.05, 3.63) is 42.2 Å². The van der Waals surface area contributed by atoms with E-state index >= 15 is 0 Å². The van der Waals surface area contributed by atoms with Crippen molar-refractivity contribution in [3.63, 3.8) is 0 Å². The summed E-state index contributed by atoms with van der Waals surface area (Å²) in [5.41, 5.74) is 2.05. The summed E-state index contributed by atoms with van der Waals surface area (Å²) in [7, 11) is 0. The van der Waals surface area contributed by atoms with Gasteiger partial charge in [0.05, 0.1) is 0 Å². The van der Waals surface area contributed by atoms with Crippen LogP contribution in [0.1, 0.15) is 5.56 Å². The van der Waals surface area contributed by atoms with Crippen molar-refractivity contribution >= 4 is 23.3 Å². The lowest BCUT2D eigenvalue weighted by atomic mass is 10.2. The van der Waals surface area contributed by atoms with Crippen molar-refractivity contribution in [1.82, 2.24) is 9.97 Å². The molecule has 0 unspecified atom stereocenters. The molecule has 1 heterocycles. The highest BCUT2D eigenvalue weighted by atomic mass is 16.4. The number of rotatable bonds is 5. The van der Waals surface area contributed by atoms with Crippen LogP contribution in [0, 0.1) is 6.92 Å². The van der Waals surface area contributed by atoms with Crippen molar-refractivity contribution in [2.45, 2.75) is 6.92 Å². The van der Waals surface area contributed by atoms with Crippen molar-refractivity contribution in [2.75, 3.05) is 17.2 Å². The summed E-state index contributed by atoms with van der Waals surface area (Å²) >= 11 is 0.